The topological polar surface area (TPSA) is 84.5 Å². The Morgan fingerprint density at radius 1 is 1.04 bits per heavy atom. The van der Waals surface area contributed by atoms with Crippen molar-refractivity contribution in [2.45, 2.75) is 6.42 Å². The molecule has 1 saturated heterocycles. The van der Waals surface area contributed by atoms with Crippen molar-refractivity contribution in [2.24, 2.45) is 7.05 Å². The second-order valence-corrected chi connectivity index (χ2v) is 5.84. The normalized spacial score (nSPS) is 15.7. The van der Waals surface area contributed by atoms with Gasteiger partial charge in [0.05, 0.1) is 6.33 Å². The first-order chi connectivity index (χ1) is 11.7. The van der Waals surface area contributed by atoms with Crippen molar-refractivity contribution in [3.63, 3.8) is 0 Å². The molecule has 0 saturated carbocycles. The summed E-state index contributed by atoms with van der Waals surface area (Å²) in [6.45, 7) is 3.29. The van der Waals surface area contributed by atoms with E-state index in [1.54, 1.807) is 32.0 Å². The number of nitrogens with zero attached hydrogens (tertiary/aromatic N) is 8. The van der Waals surface area contributed by atoms with Gasteiger partial charge in [-0.25, -0.2) is 9.97 Å². The van der Waals surface area contributed by atoms with Crippen LogP contribution in [-0.4, -0.2) is 55.3 Å². The second kappa shape index (κ2) is 5.91. The predicted octanol–water partition coefficient (Wildman–Crippen LogP) is -0.0653. The highest BCUT2D eigenvalue weighted by atomic mass is 16.1. The van der Waals surface area contributed by atoms with Crippen LogP contribution in [0.1, 0.15) is 6.42 Å². The van der Waals surface area contributed by atoms with Gasteiger partial charge in [-0.15, -0.1) is 10.2 Å². The lowest BCUT2D eigenvalue weighted by molar-refractivity contribution is 0.769. The van der Waals surface area contributed by atoms with Gasteiger partial charge in [0.25, 0.3) is 5.56 Å². The van der Waals surface area contributed by atoms with Gasteiger partial charge >= 0.3 is 0 Å². The highest BCUT2D eigenvalue weighted by Crippen LogP contribution is 2.19. The molecule has 1 fully saturated rings. The van der Waals surface area contributed by atoms with E-state index in [1.165, 1.54) is 4.57 Å². The molecule has 0 bridgehead atoms. The zero-order chi connectivity index (χ0) is 16.5. The maximum atomic E-state index is 11.8. The molecule has 0 radical (unpaired) electrons. The Morgan fingerprint density at radius 2 is 1.88 bits per heavy atom. The predicted molar refractivity (Wildman–Crippen MR) is 89.3 cm³/mol. The zero-order valence-corrected chi connectivity index (χ0v) is 13.4. The summed E-state index contributed by atoms with van der Waals surface area (Å²) in [4.78, 5) is 25.0. The van der Waals surface area contributed by atoms with Crippen molar-refractivity contribution in [1.82, 2.24) is 29.1 Å². The summed E-state index contributed by atoms with van der Waals surface area (Å²) < 4.78 is 3.34. The van der Waals surface area contributed by atoms with Gasteiger partial charge in [0.15, 0.2) is 5.82 Å². The Labute approximate surface area is 138 Å². The molecule has 1 aliphatic heterocycles. The Kier molecular flexibility index (Phi) is 3.60. The van der Waals surface area contributed by atoms with Gasteiger partial charge in [-0.05, 0) is 6.42 Å². The minimum Gasteiger partial charge on any atom is -0.355 e. The van der Waals surface area contributed by atoms with E-state index in [0.717, 1.165) is 49.9 Å². The van der Waals surface area contributed by atoms with Crippen molar-refractivity contribution < 1.29 is 0 Å². The maximum Gasteiger partial charge on any atom is 0.255 e. The number of hydrogen-bond acceptors (Lipinski definition) is 7. The van der Waals surface area contributed by atoms with Crippen LogP contribution in [0.2, 0.25) is 0 Å². The molecule has 24 heavy (non-hydrogen) atoms. The third kappa shape index (κ3) is 2.57. The molecule has 3 aromatic heterocycles. The summed E-state index contributed by atoms with van der Waals surface area (Å²) in [5.41, 5.74) is 0.716. The zero-order valence-electron chi connectivity index (χ0n) is 13.4. The minimum atomic E-state index is -0.0454. The number of aromatic nitrogens is 6. The first-order valence-corrected chi connectivity index (χ1v) is 7.89. The third-order valence-electron chi connectivity index (χ3n) is 4.28. The molecule has 0 spiro atoms. The first-order valence-electron chi connectivity index (χ1n) is 7.89. The molecule has 0 unspecified atom stereocenters. The molecule has 9 heteroatoms. The molecule has 4 rings (SSSR count). The van der Waals surface area contributed by atoms with Crippen molar-refractivity contribution in [3.05, 3.63) is 41.5 Å². The van der Waals surface area contributed by atoms with Gasteiger partial charge in [-0.1, -0.05) is 0 Å². The smallest absolute Gasteiger partial charge is 0.255 e. The molecule has 124 valence electrons. The van der Waals surface area contributed by atoms with E-state index in [0.29, 0.717) is 0 Å². The molecule has 0 atom stereocenters. The average Bonchev–Trinajstić information content (AvgIpc) is 2.94. The van der Waals surface area contributed by atoms with Gasteiger partial charge in [-0.2, -0.15) is 0 Å². The van der Waals surface area contributed by atoms with E-state index in [9.17, 15) is 4.79 Å². The lowest BCUT2D eigenvalue weighted by Crippen LogP contribution is -2.32. The van der Waals surface area contributed by atoms with E-state index >= 15 is 0 Å². The molecule has 9 nitrogen and oxygen atoms in total. The van der Waals surface area contributed by atoms with E-state index in [4.69, 9.17) is 0 Å². The largest absolute Gasteiger partial charge is 0.355 e. The second-order valence-electron chi connectivity index (χ2n) is 5.84. The minimum absolute atomic E-state index is 0.0454. The van der Waals surface area contributed by atoms with Crippen LogP contribution in [-0.2, 0) is 7.05 Å². The number of hydrogen-bond donors (Lipinski definition) is 0. The van der Waals surface area contributed by atoms with Crippen LogP contribution in [0, 0.1) is 0 Å². The van der Waals surface area contributed by atoms with Crippen LogP contribution in [0.25, 0.3) is 5.65 Å². The van der Waals surface area contributed by atoms with Gasteiger partial charge in [0.2, 0.25) is 5.65 Å². The Morgan fingerprint density at radius 3 is 2.75 bits per heavy atom. The standard InChI is InChI=1S/C15H18N8O/c1-20-10-17-12(9-13(20)24)21-4-2-5-22(8-7-21)14-15-19-18-11-23(15)6-3-16-14/h3,6,9-11H,2,4-5,7-8H2,1H3. The third-order valence-corrected chi connectivity index (χ3v) is 4.28. The van der Waals surface area contributed by atoms with Gasteiger partial charge < -0.3 is 14.4 Å². The fourth-order valence-corrected chi connectivity index (χ4v) is 2.95. The number of aryl methyl sites for hydroxylation is 1. The molecule has 1 aliphatic rings. The maximum absolute atomic E-state index is 11.8. The van der Waals surface area contributed by atoms with E-state index in [-0.39, 0.29) is 5.56 Å². The molecule has 0 N–H and O–H groups in total. The van der Waals surface area contributed by atoms with E-state index in [2.05, 4.69) is 30.0 Å². The Bertz CT molecular complexity index is 917. The van der Waals surface area contributed by atoms with Crippen LogP contribution in [0.4, 0.5) is 11.6 Å². The van der Waals surface area contributed by atoms with Crippen LogP contribution < -0.4 is 15.4 Å². The van der Waals surface area contributed by atoms with Crippen molar-refractivity contribution in [2.75, 3.05) is 36.0 Å². The molecule has 4 heterocycles. The summed E-state index contributed by atoms with van der Waals surface area (Å²) in [6.07, 6.45) is 7.80. The lowest BCUT2D eigenvalue weighted by atomic mass is 10.3. The summed E-state index contributed by atoms with van der Waals surface area (Å²) in [7, 11) is 1.70. The average molecular weight is 326 g/mol. The summed E-state index contributed by atoms with van der Waals surface area (Å²) in [5, 5.41) is 8.11. The Hall–Kier alpha value is -2.97. The summed E-state index contributed by atoms with van der Waals surface area (Å²) in [5.74, 6) is 1.57. The quantitative estimate of drug-likeness (QED) is 0.652. The van der Waals surface area contributed by atoms with Crippen molar-refractivity contribution in [3.8, 4) is 0 Å². The molecule has 0 aromatic carbocycles. The van der Waals surface area contributed by atoms with Crippen LogP contribution >= 0.6 is 0 Å². The molecular formula is C15H18N8O. The van der Waals surface area contributed by atoms with E-state index < -0.39 is 0 Å². The molecular weight excluding hydrogens is 308 g/mol. The molecule has 3 aromatic rings. The number of anilines is 2. The number of fused-ring (bicyclic) bond motifs is 1. The fourth-order valence-electron chi connectivity index (χ4n) is 2.95. The van der Waals surface area contributed by atoms with Crippen molar-refractivity contribution >= 4 is 17.3 Å². The van der Waals surface area contributed by atoms with Crippen LogP contribution in [0.5, 0.6) is 0 Å². The molecule has 0 amide bonds. The van der Waals surface area contributed by atoms with E-state index in [1.807, 2.05) is 10.6 Å². The monoisotopic (exact) mass is 326 g/mol. The van der Waals surface area contributed by atoms with Crippen LogP contribution in [0.15, 0.2) is 35.9 Å². The fraction of sp³-hybridized carbons (Fsp3) is 0.400. The highest BCUT2D eigenvalue weighted by molar-refractivity contribution is 5.63. The lowest BCUT2D eigenvalue weighted by Gasteiger charge is -2.23. The SMILES string of the molecule is Cn1cnc(N2CCCN(c3nccn4cnnc34)CC2)cc1=O. The first kappa shape index (κ1) is 14.6. The summed E-state index contributed by atoms with van der Waals surface area (Å²) >= 11 is 0. The number of rotatable bonds is 2. The van der Waals surface area contributed by atoms with Gasteiger partial charge in [-0.3, -0.25) is 9.20 Å². The van der Waals surface area contributed by atoms with Crippen molar-refractivity contribution in [1.29, 1.82) is 0 Å². The summed E-state index contributed by atoms with van der Waals surface area (Å²) in [6, 6.07) is 1.59. The van der Waals surface area contributed by atoms with Gasteiger partial charge in [0.1, 0.15) is 12.1 Å². The highest BCUT2D eigenvalue weighted by Gasteiger charge is 2.20. The Balaban J connectivity index is 1.57. The van der Waals surface area contributed by atoms with Gasteiger partial charge in [0, 0.05) is 51.7 Å². The molecule has 0 aliphatic carbocycles. The van der Waals surface area contributed by atoms with Crippen LogP contribution in [0.3, 0.4) is 0 Å².